The number of imide groups is 1. The van der Waals surface area contributed by atoms with Crippen LogP contribution in [0.3, 0.4) is 0 Å². The normalized spacial score (nSPS) is 15.8. The standard InChI is InChI=1S/C37H39NO6/c39-34-21-32(22-35(40)38-34)36(43-25-30-17-9-3-10-18-30)37(44-26-31-19-11-4-12-20-31)33(42-24-29-15-7-2-8-16-29)27-41-23-28-13-5-1-6-14-28/h1-20,32-33,36-37H,21-27H2,(H,38,39,40)/t33-,36+,37+/m1/s1. The van der Waals surface area contributed by atoms with Gasteiger partial charge in [0.2, 0.25) is 11.8 Å². The molecular weight excluding hydrogens is 554 g/mol. The zero-order valence-corrected chi connectivity index (χ0v) is 24.8. The lowest BCUT2D eigenvalue weighted by Crippen LogP contribution is -2.52. The lowest BCUT2D eigenvalue weighted by molar-refractivity contribution is -0.184. The summed E-state index contributed by atoms with van der Waals surface area (Å²) in [6.07, 6.45) is -1.56. The number of hydrogen-bond donors (Lipinski definition) is 1. The molecule has 0 bridgehead atoms. The Hall–Kier alpha value is -4.14. The molecule has 1 heterocycles. The van der Waals surface area contributed by atoms with Gasteiger partial charge in [-0.15, -0.1) is 0 Å². The minimum Gasteiger partial charge on any atom is -0.374 e. The average Bonchev–Trinajstić information content (AvgIpc) is 3.06. The molecule has 4 aromatic rings. The molecule has 0 radical (unpaired) electrons. The maximum Gasteiger partial charge on any atom is 0.226 e. The van der Waals surface area contributed by atoms with Crippen molar-refractivity contribution in [2.24, 2.45) is 5.92 Å². The highest BCUT2D eigenvalue weighted by Gasteiger charge is 2.41. The van der Waals surface area contributed by atoms with Gasteiger partial charge in [0.1, 0.15) is 12.2 Å². The number of carbonyl (C=O) groups excluding carboxylic acids is 2. The monoisotopic (exact) mass is 593 g/mol. The van der Waals surface area contributed by atoms with Crippen molar-refractivity contribution in [2.45, 2.75) is 57.6 Å². The second-order valence-corrected chi connectivity index (χ2v) is 11.0. The first-order valence-corrected chi connectivity index (χ1v) is 15.0. The highest BCUT2D eigenvalue weighted by atomic mass is 16.6. The Kier molecular flexibility index (Phi) is 11.8. The van der Waals surface area contributed by atoms with E-state index in [0.29, 0.717) is 26.4 Å². The Bertz CT molecular complexity index is 1400. The first-order valence-electron chi connectivity index (χ1n) is 15.0. The van der Waals surface area contributed by atoms with E-state index in [-0.39, 0.29) is 31.3 Å². The number of rotatable bonds is 16. The molecular formula is C37H39NO6. The van der Waals surface area contributed by atoms with Crippen molar-refractivity contribution in [2.75, 3.05) is 6.61 Å². The second-order valence-electron chi connectivity index (χ2n) is 11.0. The number of piperidine rings is 1. The van der Waals surface area contributed by atoms with Crippen LogP contribution in [0.4, 0.5) is 0 Å². The summed E-state index contributed by atoms with van der Waals surface area (Å²) in [5.41, 5.74) is 4.02. The van der Waals surface area contributed by atoms with Crippen molar-refractivity contribution in [1.29, 1.82) is 0 Å². The lowest BCUT2D eigenvalue weighted by atomic mass is 9.86. The molecule has 0 unspecified atom stereocenters. The smallest absolute Gasteiger partial charge is 0.226 e. The van der Waals surface area contributed by atoms with E-state index in [2.05, 4.69) is 5.32 Å². The van der Waals surface area contributed by atoms with Gasteiger partial charge >= 0.3 is 0 Å². The molecule has 44 heavy (non-hydrogen) atoms. The van der Waals surface area contributed by atoms with Gasteiger partial charge in [0.15, 0.2) is 0 Å². The molecule has 1 aliphatic rings. The second kappa shape index (κ2) is 16.6. The molecule has 3 atom stereocenters. The molecule has 228 valence electrons. The number of benzene rings is 4. The molecule has 2 amide bonds. The molecule has 0 aromatic heterocycles. The molecule has 1 fully saturated rings. The number of hydrogen-bond acceptors (Lipinski definition) is 6. The zero-order chi connectivity index (χ0) is 30.4. The summed E-state index contributed by atoms with van der Waals surface area (Å²) in [7, 11) is 0. The zero-order valence-electron chi connectivity index (χ0n) is 24.8. The Morgan fingerprint density at radius 2 is 0.955 bits per heavy atom. The first-order chi connectivity index (χ1) is 21.6. The van der Waals surface area contributed by atoms with E-state index >= 15 is 0 Å². The molecule has 5 rings (SSSR count). The maximum atomic E-state index is 12.6. The van der Waals surface area contributed by atoms with Crippen molar-refractivity contribution in [1.82, 2.24) is 5.32 Å². The van der Waals surface area contributed by atoms with Crippen molar-refractivity contribution >= 4 is 11.8 Å². The number of ether oxygens (including phenoxy) is 4. The lowest BCUT2D eigenvalue weighted by Gasteiger charge is -2.38. The molecule has 7 heteroatoms. The van der Waals surface area contributed by atoms with Crippen LogP contribution in [0.25, 0.3) is 0 Å². The van der Waals surface area contributed by atoms with Crippen LogP contribution in [-0.4, -0.2) is 36.7 Å². The van der Waals surface area contributed by atoms with E-state index in [1.54, 1.807) is 0 Å². The number of carbonyl (C=O) groups is 2. The highest BCUT2D eigenvalue weighted by Crippen LogP contribution is 2.29. The summed E-state index contributed by atoms with van der Waals surface area (Å²) in [6.45, 7) is 1.55. The molecule has 1 saturated heterocycles. The van der Waals surface area contributed by atoms with Crippen LogP contribution < -0.4 is 5.32 Å². The van der Waals surface area contributed by atoms with Gasteiger partial charge in [0.05, 0.1) is 39.1 Å². The van der Waals surface area contributed by atoms with Crippen molar-refractivity contribution in [3.05, 3.63) is 144 Å². The van der Waals surface area contributed by atoms with Crippen molar-refractivity contribution < 1.29 is 28.5 Å². The Labute approximate surface area is 259 Å². The van der Waals surface area contributed by atoms with E-state index in [1.165, 1.54) is 0 Å². The molecule has 0 saturated carbocycles. The minimum absolute atomic E-state index is 0.146. The third-order valence-electron chi connectivity index (χ3n) is 7.60. The fraction of sp³-hybridized carbons (Fsp3) is 0.297. The van der Waals surface area contributed by atoms with E-state index in [1.807, 2.05) is 121 Å². The summed E-state index contributed by atoms with van der Waals surface area (Å²) < 4.78 is 26.1. The van der Waals surface area contributed by atoms with Crippen molar-refractivity contribution in [3.63, 3.8) is 0 Å². The van der Waals surface area contributed by atoms with Gasteiger partial charge in [-0.05, 0) is 22.3 Å². The average molecular weight is 594 g/mol. The van der Waals surface area contributed by atoms with E-state index in [9.17, 15) is 9.59 Å². The van der Waals surface area contributed by atoms with E-state index in [0.717, 1.165) is 22.3 Å². The van der Waals surface area contributed by atoms with Crippen LogP contribution in [0, 0.1) is 5.92 Å². The summed E-state index contributed by atoms with van der Waals surface area (Å²) in [5, 5.41) is 2.43. The molecule has 0 spiro atoms. The Morgan fingerprint density at radius 1 is 0.545 bits per heavy atom. The summed E-state index contributed by atoms with van der Waals surface area (Å²) in [4.78, 5) is 25.2. The summed E-state index contributed by atoms with van der Waals surface area (Å²) in [5.74, 6) is -1.04. The van der Waals surface area contributed by atoms with Gasteiger partial charge < -0.3 is 18.9 Å². The third-order valence-corrected chi connectivity index (χ3v) is 7.60. The predicted molar refractivity (Wildman–Crippen MR) is 167 cm³/mol. The van der Waals surface area contributed by atoms with Gasteiger partial charge in [-0.3, -0.25) is 14.9 Å². The van der Waals surface area contributed by atoms with Gasteiger partial charge in [-0.25, -0.2) is 0 Å². The largest absolute Gasteiger partial charge is 0.374 e. The van der Waals surface area contributed by atoms with Crippen LogP contribution in [0.5, 0.6) is 0 Å². The molecule has 1 N–H and O–H groups in total. The number of amides is 2. The molecule has 1 aliphatic heterocycles. The van der Waals surface area contributed by atoms with E-state index < -0.39 is 24.2 Å². The molecule has 0 aliphatic carbocycles. The van der Waals surface area contributed by atoms with Crippen LogP contribution in [0.2, 0.25) is 0 Å². The quantitative estimate of drug-likeness (QED) is 0.160. The summed E-state index contributed by atoms with van der Waals surface area (Å²) in [6, 6.07) is 39.6. The number of nitrogens with one attached hydrogen (secondary N) is 1. The minimum atomic E-state index is -0.651. The van der Waals surface area contributed by atoms with Gasteiger partial charge in [0.25, 0.3) is 0 Å². The maximum absolute atomic E-state index is 12.6. The van der Waals surface area contributed by atoms with Crippen molar-refractivity contribution in [3.8, 4) is 0 Å². The highest BCUT2D eigenvalue weighted by molar-refractivity contribution is 5.97. The Morgan fingerprint density at radius 3 is 1.43 bits per heavy atom. The third kappa shape index (κ3) is 9.69. The van der Waals surface area contributed by atoms with Crippen LogP contribution in [-0.2, 0) is 55.0 Å². The van der Waals surface area contributed by atoms with E-state index in [4.69, 9.17) is 18.9 Å². The molecule has 4 aromatic carbocycles. The SMILES string of the molecule is O=C1CC([C@H](OCc2ccccc2)[C@@H](OCc2ccccc2)[C@@H](COCc2ccccc2)OCc2ccccc2)CC(=O)N1. The molecule has 7 nitrogen and oxygen atoms in total. The van der Waals surface area contributed by atoms with Gasteiger partial charge in [-0.2, -0.15) is 0 Å². The van der Waals surface area contributed by atoms with Crippen LogP contribution in [0.15, 0.2) is 121 Å². The Balaban J connectivity index is 1.45. The van der Waals surface area contributed by atoms with Gasteiger partial charge in [-0.1, -0.05) is 121 Å². The fourth-order valence-electron chi connectivity index (χ4n) is 5.37. The van der Waals surface area contributed by atoms with Gasteiger partial charge in [0, 0.05) is 18.8 Å². The topological polar surface area (TPSA) is 83.1 Å². The van der Waals surface area contributed by atoms with Crippen LogP contribution >= 0.6 is 0 Å². The first kappa shape index (κ1) is 31.3. The summed E-state index contributed by atoms with van der Waals surface area (Å²) >= 11 is 0. The van der Waals surface area contributed by atoms with Crippen LogP contribution in [0.1, 0.15) is 35.1 Å². The fourth-order valence-corrected chi connectivity index (χ4v) is 5.37. The predicted octanol–water partition coefficient (Wildman–Crippen LogP) is 6.01.